The van der Waals surface area contributed by atoms with Gasteiger partial charge in [-0.2, -0.15) is 0 Å². The van der Waals surface area contributed by atoms with Crippen molar-refractivity contribution in [3.05, 3.63) is 58.6 Å². The minimum absolute atomic E-state index is 0.196. The Morgan fingerprint density at radius 1 is 1.18 bits per heavy atom. The molecule has 0 aliphatic rings. The molecule has 0 bridgehead atoms. The Kier molecular flexibility index (Phi) is 7.98. The van der Waals surface area contributed by atoms with Gasteiger partial charge in [0.1, 0.15) is 18.4 Å². The van der Waals surface area contributed by atoms with Crippen LogP contribution in [0.5, 0.6) is 5.75 Å². The van der Waals surface area contributed by atoms with Gasteiger partial charge in [0.15, 0.2) is 0 Å². The van der Waals surface area contributed by atoms with Gasteiger partial charge in [-0.05, 0) is 36.8 Å². The first-order valence-corrected chi connectivity index (χ1v) is 11.2. The quantitative estimate of drug-likeness (QED) is 0.597. The number of hydrogen-bond donors (Lipinski definition) is 1. The van der Waals surface area contributed by atoms with Gasteiger partial charge in [-0.3, -0.25) is 9.10 Å². The summed E-state index contributed by atoms with van der Waals surface area (Å²) in [7, 11) is -3.71. The molecule has 2 aromatic carbocycles. The van der Waals surface area contributed by atoms with E-state index in [1.807, 2.05) is 0 Å². The molecule has 0 spiro atoms. The van der Waals surface area contributed by atoms with Crippen LogP contribution in [0.25, 0.3) is 0 Å². The first kappa shape index (κ1) is 22.3. The van der Waals surface area contributed by atoms with Crippen LogP contribution in [0.15, 0.2) is 48.5 Å². The Bertz CT molecular complexity index is 922. The largest absolute Gasteiger partial charge is 0.490 e. The lowest BCUT2D eigenvalue weighted by molar-refractivity contribution is -0.122. The van der Waals surface area contributed by atoms with Crippen LogP contribution in [-0.4, -0.2) is 39.8 Å². The molecule has 0 saturated heterocycles. The lowest BCUT2D eigenvalue weighted by atomic mass is 10.2. The Hall–Kier alpha value is -1.96. The van der Waals surface area contributed by atoms with Crippen molar-refractivity contribution in [1.82, 2.24) is 5.32 Å². The minimum atomic E-state index is -3.71. The molecule has 2 aromatic rings. The maximum absolute atomic E-state index is 12.7. The number of ether oxygens (including phenoxy) is 1. The van der Waals surface area contributed by atoms with E-state index in [4.69, 9.17) is 27.9 Å². The molecule has 0 unspecified atom stereocenters. The van der Waals surface area contributed by atoms with Gasteiger partial charge in [-0.25, -0.2) is 8.42 Å². The molecule has 0 aliphatic heterocycles. The van der Waals surface area contributed by atoms with Crippen LogP contribution in [0, 0.1) is 0 Å². The third kappa shape index (κ3) is 6.02. The van der Waals surface area contributed by atoms with Crippen LogP contribution < -0.4 is 14.4 Å². The van der Waals surface area contributed by atoms with Crippen LogP contribution in [0.1, 0.15) is 13.3 Å². The van der Waals surface area contributed by atoms with Gasteiger partial charge in [0.2, 0.25) is 15.9 Å². The van der Waals surface area contributed by atoms with Gasteiger partial charge in [-0.1, -0.05) is 48.3 Å². The highest BCUT2D eigenvalue weighted by Crippen LogP contribution is 2.25. The Labute approximate surface area is 175 Å². The zero-order chi connectivity index (χ0) is 20.7. The number of nitrogens with zero attached hydrogens (tertiary/aromatic N) is 1. The molecule has 0 heterocycles. The molecule has 1 atom stereocenters. The number of amides is 1. The fraction of sp³-hybridized carbons (Fsp3) is 0.316. The van der Waals surface area contributed by atoms with Crippen molar-refractivity contribution >= 4 is 44.8 Å². The maximum Gasteiger partial charge on any atom is 0.244 e. The molecule has 6 nitrogen and oxygen atoms in total. The maximum atomic E-state index is 12.7. The number of halogens is 2. The summed E-state index contributed by atoms with van der Waals surface area (Å²) in [6.07, 6.45) is 1.35. The minimum Gasteiger partial charge on any atom is -0.490 e. The van der Waals surface area contributed by atoms with Crippen molar-refractivity contribution in [3.8, 4) is 5.75 Å². The second-order valence-corrected chi connectivity index (χ2v) is 8.74. The topological polar surface area (TPSA) is 75.7 Å². The molecule has 0 aliphatic carbocycles. The molecular weight excluding hydrogens is 423 g/mol. The van der Waals surface area contributed by atoms with Crippen molar-refractivity contribution in [3.63, 3.8) is 0 Å². The van der Waals surface area contributed by atoms with Crippen molar-refractivity contribution in [2.75, 3.05) is 23.7 Å². The number of anilines is 1. The second kappa shape index (κ2) is 10.0. The Balaban J connectivity index is 2.06. The molecule has 2 rings (SSSR count). The van der Waals surface area contributed by atoms with Crippen molar-refractivity contribution in [2.24, 2.45) is 0 Å². The predicted octanol–water partition coefficient (Wildman–Crippen LogP) is 3.73. The molecular formula is C19H22Cl2N2O4S. The Morgan fingerprint density at radius 3 is 2.50 bits per heavy atom. The predicted molar refractivity (Wildman–Crippen MR) is 113 cm³/mol. The Morgan fingerprint density at radius 2 is 1.89 bits per heavy atom. The number of carbonyl (C=O) groups is 1. The lowest BCUT2D eigenvalue weighted by Gasteiger charge is -2.30. The zero-order valence-corrected chi connectivity index (χ0v) is 17.9. The van der Waals surface area contributed by atoms with Gasteiger partial charge in [0, 0.05) is 5.02 Å². The number of benzene rings is 2. The number of rotatable bonds is 9. The SMILES string of the molecule is CC[C@@H](C(=O)NCCOc1ccccc1Cl)N(c1cccc(Cl)c1)S(C)(=O)=O. The molecule has 0 fully saturated rings. The molecule has 0 aromatic heterocycles. The van der Waals surface area contributed by atoms with Gasteiger partial charge >= 0.3 is 0 Å². The summed E-state index contributed by atoms with van der Waals surface area (Å²) in [6, 6.07) is 12.5. The van der Waals surface area contributed by atoms with Gasteiger partial charge in [0.25, 0.3) is 0 Å². The van der Waals surface area contributed by atoms with Crippen molar-refractivity contribution < 1.29 is 17.9 Å². The van der Waals surface area contributed by atoms with E-state index in [9.17, 15) is 13.2 Å². The third-order valence-electron chi connectivity index (χ3n) is 3.89. The molecule has 9 heteroatoms. The average molecular weight is 445 g/mol. The first-order chi connectivity index (χ1) is 13.2. The van der Waals surface area contributed by atoms with E-state index in [1.165, 1.54) is 6.07 Å². The molecule has 0 radical (unpaired) electrons. The molecule has 1 N–H and O–H groups in total. The van der Waals surface area contributed by atoms with E-state index in [0.29, 0.717) is 21.5 Å². The van der Waals surface area contributed by atoms with E-state index in [-0.39, 0.29) is 19.6 Å². The summed E-state index contributed by atoms with van der Waals surface area (Å²) in [5.74, 6) is 0.0952. The number of carbonyl (C=O) groups excluding carboxylic acids is 1. The fourth-order valence-corrected chi connectivity index (χ4v) is 4.27. The van der Waals surface area contributed by atoms with E-state index in [1.54, 1.807) is 49.4 Å². The van der Waals surface area contributed by atoms with Crippen LogP contribution >= 0.6 is 23.2 Å². The molecule has 1 amide bonds. The molecule has 152 valence electrons. The van der Waals surface area contributed by atoms with E-state index >= 15 is 0 Å². The lowest BCUT2D eigenvalue weighted by Crippen LogP contribution is -2.50. The smallest absolute Gasteiger partial charge is 0.244 e. The highest BCUT2D eigenvalue weighted by molar-refractivity contribution is 7.92. The third-order valence-corrected chi connectivity index (χ3v) is 5.62. The molecule has 28 heavy (non-hydrogen) atoms. The second-order valence-electron chi connectivity index (χ2n) is 6.03. The van der Waals surface area contributed by atoms with E-state index in [0.717, 1.165) is 10.6 Å². The van der Waals surface area contributed by atoms with E-state index in [2.05, 4.69) is 5.32 Å². The normalized spacial score (nSPS) is 12.3. The summed E-state index contributed by atoms with van der Waals surface area (Å²) in [5, 5.41) is 3.57. The van der Waals surface area contributed by atoms with Crippen LogP contribution in [0.4, 0.5) is 5.69 Å². The van der Waals surface area contributed by atoms with Gasteiger partial charge < -0.3 is 10.1 Å². The fourth-order valence-electron chi connectivity index (χ4n) is 2.69. The standard InChI is InChI=1S/C19H22Cl2N2O4S/c1-3-17(23(28(2,25)26)15-8-6-7-14(20)13-15)19(24)22-11-12-27-18-10-5-4-9-16(18)21/h4-10,13,17H,3,11-12H2,1-2H3,(H,22,24)/t17-/m0/s1. The van der Waals surface area contributed by atoms with Crippen LogP contribution in [0.2, 0.25) is 10.0 Å². The summed E-state index contributed by atoms with van der Waals surface area (Å²) < 4.78 is 31.3. The van der Waals surface area contributed by atoms with Crippen LogP contribution in [0.3, 0.4) is 0 Å². The number of hydrogen-bond acceptors (Lipinski definition) is 4. The number of para-hydroxylation sites is 1. The highest BCUT2D eigenvalue weighted by atomic mass is 35.5. The van der Waals surface area contributed by atoms with E-state index < -0.39 is 22.0 Å². The number of nitrogens with one attached hydrogen (secondary N) is 1. The zero-order valence-electron chi connectivity index (χ0n) is 15.6. The highest BCUT2D eigenvalue weighted by Gasteiger charge is 2.31. The summed E-state index contributed by atoms with van der Waals surface area (Å²) in [6.45, 7) is 2.14. The average Bonchev–Trinajstić information content (AvgIpc) is 2.63. The summed E-state index contributed by atoms with van der Waals surface area (Å²) >= 11 is 12.0. The monoisotopic (exact) mass is 444 g/mol. The van der Waals surface area contributed by atoms with Gasteiger partial charge in [0.05, 0.1) is 23.5 Å². The number of sulfonamides is 1. The summed E-state index contributed by atoms with van der Waals surface area (Å²) in [4.78, 5) is 12.7. The summed E-state index contributed by atoms with van der Waals surface area (Å²) in [5.41, 5.74) is 0.337. The first-order valence-electron chi connectivity index (χ1n) is 8.64. The molecule has 0 saturated carbocycles. The van der Waals surface area contributed by atoms with Crippen molar-refractivity contribution in [1.29, 1.82) is 0 Å². The van der Waals surface area contributed by atoms with Crippen molar-refractivity contribution in [2.45, 2.75) is 19.4 Å². The van der Waals surface area contributed by atoms with Gasteiger partial charge in [-0.15, -0.1) is 0 Å². The van der Waals surface area contributed by atoms with Crippen LogP contribution in [-0.2, 0) is 14.8 Å².